The first-order valence-corrected chi connectivity index (χ1v) is 5.05. The number of hydroxylamine groups is 1. The van der Waals surface area contributed by atoms with Crippen LogP contribution in [0.25, 0.3) is 5.70 Å². The highest BCUT2D eigenvalue weighted by atomic mass is 35.5. The molecule has 8 heteroatoms. The fraction of sp³-hybridized carbons (Fsp3) is 0.200. The Kier molecular flexibility index (Phi) is 2.92. The van der Waals surface area contributed by atoms with Gasteiger partial charge in [0.2, 0.25) is 0 Å². The molecule has 98 valence electrons. The van der Waals surface area contributed by atoms with Gasteiger partial charge in [0, 0.05) is 16.7 Å². The highest BCUT2D eigenvalue weighted by Gasteiger charge is 2.57. The van der Waals surface area contributed by atoms with Crippen LogP contribution in [0.1, 0.15) is 5.56 Å². The monoisotopic (exact) mass is 281 g/mol. The molecule has 0 saturated heterocycles. The van der Waals surface area contributed by atoms with E-state index in [4.69, 9.17) is 16.8 Å². The molecule has 1 aromatic carbocycles. The fourth-order valence-corrected chi connectivity index (χ4v) is 1.68. The topological polar surface area (TPSA) is 61.7 Å². The molecule has 0 fully saturated rings. The molecule has 0 aliphatic carbocycles. The molecule has 0 amide bonds. The molecular weight excluding hydrogens is 275 g/mol. The van der Waals surface area contributed by atoms with Crippen molar-refractivity contribution in [2.75, 3.05) is 0 Å². The second kappa shape index (κ2) is 4.04. The largest absolute Gasteiger partial charge is 0.459 e. The van der Waals surface area contributed by atoms with Gasteiger partial charge in [-0.1, -0.05) is 11.6 Å². The molecule has 0 unspecified atom stereocenters. The summed E-state index contributed by atoms with van der Waals surface area (Å²) in [5.41, 5.74) is 1.34. The molecule has 0 aromatic heterocycles. The second-order valence-corrected chi connectivity index (χ2v) is 4.04. The van der Waals surface area contributed by atoms with Crippen molar-refractivity contribution in [1.82, 2.24) is 5.48 Å². The minimum Gasteiger partial charge on any atom is -0.450 e. The van der Waals surface area contributed by atoms with E-state index in [1.54, 1.807) is 5.48 Å². The summed E-state index contributed by atoms with van der Waals surface area (Å²) in [5.74, 6) is -3.75. The number of nitrogens with one attached hydrogen (secondary N) is 1. The van der Waals surface area contributed by atoms with Crippen molar-refractivity contribution in [2.45, 2.75) is 12.0 Å². The standard InChI is InChI=1S/C10H7ClF3NO3/c11-5-1-2-8-6(3-5)7(15-17)4-9(16,18-8)10(12,13)14/h1-4,15-17H/t9-/m1/s1. The molecule has 0 saturated carbocycles. The summed E-state index contributed by atoms with van der Waals surface area (Å²) in [5, 5.41) is 18.5. The molecule has 0 radical (unpaired) electrons. The van der Waals surface area contributed by atoms with Gasteiger partial charge in [-0.2, -0.15) is 13.2 Å². The molecular formula is C10H7ClF3NO3. The van der Waals surface area contributed by atoms with Gasteiger partial charge in [-0.15, -0.1) is 0 Å². The van der Waals surface area contributed by atoms with Crippen LogP contribution in [0.2, 0.25) is 5.02 Å². The van der Waals surface area contributed by atoms with E-state index < -0.39 is 12.0 Å². The van der Waals surface area contributed by atoms with Crippen LogP contribution < -0.4 is 10.2 Å². The predicted molar refractivity (Wildman–Crippen MR) is 56.0 cm³/mol. The zero-order valence-corrected chi connectivity index (χ0v) is 9.38. The number of fused-ring (bicyclic) bond motifs is 1. The molecule has 2 rings (SSSR count). The Hall–Kier alpha value is -1.44. The Labute approximate surface area is 104 Å². The number of ether oxygens (including phenoxy) is 1. The highest BCUT2D eigenvalue weighted by Crippen LogP contribution is 2.42. The first kappa shape index (κ1) is 13.0. The van der Waals surface area contributed by atoms with Gasteiger partial charge >= 0.3 is 12.0 Å². The van der Waals surface area contributed by atoms with E-state index in [2.05, 4.69) is 4.74 Å². The molecule has 0 spiro atoms. The molecule has 0 bridgehead atoms. The minimum atomic E-state index is -5.05. The van der Waals surface area contributed by atoms with Crippen LogP contribution in [-0.2, 0) is 0 Å². The van der Waals surface area contributed by atoms with E-state index in [1.165, 1.54) is 18.2 Å². The summed E-state index contributed by atoms with van der Waals surface area (Å²) in [7, 11) is 0. The Bertz CT molecular complexity index is 518. The summed E-state index contributed by atoms with van der Waals surface area (Å²) in [6, 6.07) is 3.76. The van der Waals surface area contributed by atoms with Crippen molar-refractivity contribution in [3.05, 3.63) is 34.9 Å². The lowest BCUT2D eigenvalue weighted by atomic mass is 10.0. The summed E-state index contributed by atoms with van der Waals surface area (Å²) in [4.78, 5) is 0. The van der Waals surface area contributed by atoms with Crippen molar-refractivity contribution in [3.8, 4) is 5.75 Å². The van der Waals surface area contributed by atoms with Crippen molar-refractivity contribution in [2.24, 2.45) is 0 Å². The lowest BCUT2D eigenvalue weighted by Crippen LogP contribution is -2.50. The van der Waals surface area contributed by atoms with Crippen LogP contribution in [0.4, 0.5) is 13.2 Å². The van der Waals surface area contributed by atoms with Crippen LogP contribution in [0.3, 0.4) is 0 Å². The first-order valence-electron chi connectivity index (χ1n) is 4.68. The third kappa shape index (κ3) is 2.00. The number of hydrogen-bond acceptors (Lipinski definition) is 4. The highest BCUT2D eigenvalue weighted by molar-refractivity contribution is 6.30. The van der Waals surface area contributed by atoms with E-state index in [1.807, 2.05) is 0 Å². The second-order valence-electron chi connectivity index (χ2n) is 3.61. The quantitative estimate of drug-likeness (QED) is 0.691. The van der Waals surface area contributed by atoms with Crippen molar-refractivity contribution in [3.63, 3.8) is 0 Å². The van der Waals surface area contributed by atoms with Gasteiger partial charge in [-0.25, -0.2) is 0 Å². The van der Waals surface area contributed by atoms with Crippen LogP contribution in [-0.4, -0.2) is 22.3 Å². The van der Waals surface area contributed by atoms with Gasteiger partial charge in [0.1, 0.15) is 5.75 Å². The number of rotatable bonds is 1. The average Bonchev–Trinajstić information content (AvgIpc) is 2.27. The van der Waals surface area contributed by atoms with Gasteiger partial charge in [0.25, 0.3) is 0 Å². The van der Waals surface area contributed by atoms with Crippen molar-refractivity contribution >= 4 is 17.3 Å². The molecule has 1 aliphatic rings. The third-order valence-corrected chi connectivity index (χ3v) is 2.60. The fourth-order valence-electron chi connectivity index (χ4n) is 1.50. The van der Waals surface area contributed by atoms with E-state index in [0.29, 0.717) is 6.08 Å². The number of hydrogen-bond donors (Lipinski definition) is 3. The maximum Gasteiger partial charge on any atom is 0.459 e. The number of aliphatic hydroxyl groups is 1. The van der Waals surface area contributed by atoms with Gasteiger partial charge in [-0.05, 0) is 18.2 Å². The predicted octanol–water partition coefficient (Wildman–Crippen LogP) is 2.30. The van der Waals surface area contributed by atoms with Crippen LogP contribution >= 0.6 is 11.6 Å². The van der Waals surface area contributed by atoms with Crippen molar-refractivity contribution in [1.29, 1.82) is 0 Å². The van der Waals surface area contributed by atoms with Crippen molar-refractivity contribution < 1.29 is 28.2 Å². The van der Waals surface area contributed by atoms with E-state index in [0.717, 1.165) is 0 Å². The minimum absolute atomic E-state index is 0.110. The van der Waals surface area contributed by atoms with Gasteiger partial charge in [0.15, 0.2) is 0 Å². The SMILES string of the molecule is ONC1=C[C@](O)(C(F)(F)F)Oc2ccc(Cl)cc21. The molecule has 1 aliphatic heterocycles. The lowest BCUT2D eigenvalue weighted by Gasteiger charge is -2.33. The van der Waals surface area contributed by atoms with Crippen LogP contribution in [0.5, 0.6) is 5.75 Å². The van der Waals surface area contributed by atoms with Crippen LogP contribution in [0, 0.1) is 0 Å². The maximum absolute atomic E-state index is 12.7. The molecule has 18 heavy (non-hydrogen) atoms. The van der Waals surface area contributed by atoms with Gasteiger partial charge in [0.05, 0.1) is 5.70 Å². The lowest BCUT2D eigenvalue weighted by molar-refractivity contribution is -0.311. The number of alkyl halides is 3. The number of benzene rings is 1. The molecule has 4 nitrogen and oxygen atoms in total. The summed E-state index contributed by atoms with van der Waals surface area (Å²) < 4.78 is 42.5. The van der Waals surface area contributed by atoms with E-state index in [-0.39, 0.29) is 22.0 Å². The van der Waals surface area contributed by atoms with E-state index in [9.17, 15) is 18.3 Å². The Morgan fingerprint density at radius 3 is 2.56 bits per heavy atom. The first-order chi connectivity index (χ1) is 8.27. The third-order valence-electron chi connectivity index (χ3n) is 2.36. The Morgan fingerprint density at radius 1 is 1.33 bits per heavy atom. The maximum atomic E-state index is 12.7. The molecule has 1 heterocycles. The Morgan fingerprint density at radius 2 is 2.00 bits per heavy atom. The summed E-state index contributed by atoms with van der Waals surface area (Å²) >= 11 is 5.68. The average molecular weight is 282 g/mol. The number of halogens is 4. The molecule has 1 aromatic rings. The summed E-state index contributed by atoms with van der Waals surface area (Å²) in [6.07, 6.45) is -4.72. The smallest absolute Gasteiger partial charge is 0.450 e. The van der Waals surface area contributed by atoms with Gasteiger partial charge < -0.3 is 9.84 Å². The van der Waals surface area contributed by atoms with Gasteiger partial charge in [-0.3, -0.25) is 10.7 Å². The van der Waals surface area contributed by atoms with Crippen LogP contribution in [0.15, 0.2) is 24.3 Å². The zero-order chi connectivity index (χ0) is 13.6. The zero-order valence-electron chi connectivity index (χ0n) is 8.62. The Balaban J connectivity index is 2.57. The summed E-state index contributed by atoms with van der Waals surface area (Å²) in [6.45, 7) is 0. The molecule has 1 atom stereocenters. The molecule has 3 N–H and O–H groups in total. The normalized spacial score (nSPS) is 22.9. The van der Waals surface area contributed by atoms with E-state index >= 15 is 0 Å².